The van der Waals surface area contributed by atoms with E-state index >= 15 is 0 Å². The molecule has 2 aromatic carbocycles. The largest absolute Gasteiger partial charge is 0.497 e. The van der Waals surface area contributed by atoms with Crippen molar-refractivity contribution < 1.29 is 90.3 Å². The van der Waals surface area contributed by atoms with Crippen molar-refractivity contribution in [3.05, 3.63) is 60.2 Å². The van der Waals surface area contributed by atoms with E-state index in [9.17, 15) is 24.0 Å². The molecule has 0 aliphatic carbocycles. The fraction of sp³-hybridized carbons (Fsp3) is 0.691. The monoisotopic (exact) mass is 1060 g/mol. The fourth-order valence-electron chi connectivity index (χ4n) is 10.8. The van der Waals surface area contributed by atoms with Gasteiger partial charge in [0.2, 0.25) is 0 Å². The van der Waals surface area contributed by atoms with Gasteiger partial charge in [0.15, 0.2) is 31.1 Å². The van der Waals surface area contributed by atoms with E-state index in [1.54, 1.807) is 44.4 Å². The van der Waals surface area contributed by atoms with Crippen molar-refractivity contribution in [2.24, 2.45) is 35.5 Å². The minimum absolute atomic E-state index is 0.170. The lowest BCUT2D eigenvalue weighted by atomic mass is 9.82. The molecule has 1 amide bonds. The predicted molar refractivity (Wildman–Crippen MR) is 265 cm³/mol. The van der Waals surface area contributed by atoms with Gasteiger partial charge in [0.05, 0.1) is 69.9 Å². The second-order valence-electron chi connectivity index (χ2n) is 20.7. The van der Waals surface area contributed by atoms with Crippen LogP contribution in [0, 0.1) is 35.5 Å². The number of rotatable bonds is 20. The summed E-state index contributed by atoms with van der Waals surface area (Å²) >= 11 is 0. The molecule has 75 heavy (non-hydrogen) atoms. The lowest BCUT2D eigenvalue weighted by Gasteiger charge is -2.50. The smallest absolute Gasteiger partial charge is 0.407 e. The predicted octanol–water partition coefficient (Wildman–Crippen LogP) is 6.92. The molecule has 5 aliphatic heterocycles. The SMILES string of the molecule is CCC1O[C@@H](OCC2O[C@H](Oc3ccc(OC)cc3)C[C@@H](C)[C@@H]2C)C(C)[C@@H](C)[C@@H]1O[C@@H]1OC(CO[C@]2(C(=O)OC)C[C@H]3OC(=O)N[C@H]3C([C@H](OC(C)=O)[C@@H](CC)OC(C)=O)O2)[C@H](C)[C@H](C)C1OC(=O)c1ccccc1. The first-order chi connectivity index (χ1) is 35.8. The molecule has 20 nitrogen and oxygen atoms in total. The molecule has 20 heteroatoms. The van der Waals surface area contributed by atoms with Gasteiger partial charge in [-0.1, -0.05) is 73.6 Å². The summed E-state index contributed by atoms with van der Waals surface area (Å²) in [6.07, 6.45) is -9.80. The molecule has 5 fully saturated rings. The standard InChI is InChI=1S/C55H77NO19/c1-13-39-46(32(7)33(8)51(70-39)64-26-42-29(4)28(3)24-44(69-42)68-38-22-20-37(62-11)21-23-38)74-52-47(73-50(59)36-18-16-15-17-19-36)31(6)30(5)43(71-52)27-65-55(53(60)63-12)25-41-45(56-54(61)72-41)49(75-55)48(67-35(10)58)40(14-2)66-34(9)57/h15-23,28-33,39-49,51-52H,13-14,24-27H2,1-12H3,(H,56,61)/t28-,29+,30-,31+,32-,33?,39?,40-,41-,42?,43?,44+,45-,46+,47?,48-,49?,51-,52+,55-/m1/s1. The zero-order valence-corrected chi connectivity index (χ0v) is 45.2. The van der Waals surface area contributed by atoms with E-state index in [2.05, 4.69) is 26.1 Å². The molecular weight excluding hydrogens is 979 g/mol. The first-order valence-electron chi connectivity index (χ1n) is 26.3. The van der Waals surface area contributed by atoms with Gasteiger partial charge in [-0.3, -0.25) is 9.59 Å². The average Bonchev–Trinajstić information content (AvgIpc) is 3.78. The Balaban J connectivity index is 1.10. The summed E-state index contributed by atoms with van der Waals surface area (Å²) in [4.78, 5) is 65.6. The molecule has 7 rings (SSSR count). The third kappa shape index (κ3) is 13.4. The maximum absolute atomic E-state index is 14.1. The summed E-state index contributed by atoms with van der Waals surface area (Å²) in [7, 11) is 2.77. The van der Waals surface area contributed by atoms with Crippen LogP contribution in [-0.2, 0) is 71.2 Å². The maximum atomic E-state index is 14.1. The Labute approximate surface area is 439 Å². The van der Waals surface area contributed by atoms with Crippen LogP contribution >= 0.6 is 0 Å². The van der Waals surface area contributed by atoms with Crippen molar-refractivity contribution in [3.63, 3.8) is 0 Å². The molecule has 0 aromatic heterocycles. The molecule has 0 radical (unpaired) electrons. The summed E-state index contributed by atoms with van der Waals surface area (Å²) in [5, 5.41) is 2.70. The number of amides is 1. The Bertz CT molecular complexity index is 2230. The summed E-state index contributed by atoms with van der Waals surface area (Å²) in [6, 6.07) is 15.1. The first-order valence-corrected chi connectivity index (χ1v) is 26.3. The number of alkyl carbamates (subject to hydrolysis) is 1. The minimum Gasteiger partial charge on any atom is -0.497 e. The van der Waals surface area contributed by atoms with Crippen molar-refractivity contribution in [1.29, 1.82) is 0 Å². The Morgan fingerprint density at radius 1 is 0.747 bits per heavy atom. The van der Waals surface area contributed by atoms with Crippen LogP contribution < -0.4 is 14.8 Å². The molecule has 0 bridgehead atoms. The van der Waals surface area contributed by atoms with E-state index in [0.717, 1.165) is 19.3 Å². The highest BCUT2D eigenvalue weighted by Crippen LogP contribution is 2.43. The van der Waals surface area contributed by atoms with Gasteiger partial charge in [0.25, 0.3) is 5.79 Å². The normalized spacial score (nSPS) is 36.3. The quantitative estimate of drug-likeness (QED) is 0.105. The van der Waals surface area contributed by atoms with Crippen LogP contribution in [-0.4, -0.2) is 143 Å². The van der Waals surface area contributed by atoms with E-state index in [0.29, 0.717) is 23.7 Å². The highest BCUT2D eigenvalue weighted by atomic mass is 16.8. The highest BCUT2D eigenvalue weighted by Gasteiger charge is 2.62. The van der Waals surface area contributed by atoms with E-state index in [4.69, 9.17) is 66.3 Å². The number of fused-ring (bicyclic) bond motifs is 1. The van der Waals surface area contributed by atoms with Crippen LogP contribution in [0.1, 0.15) is 105 Å². The number of hydrogen-bond acceptors (Lipinski definition) is 19. The molecule has 416 valence electrons. The van der Waals surface area contributed by atoms with Gasteiger partial charge in [-0.15, -0.1) is 0 Å². The van der Waals surface area contributed by atoms with E-state index in [-0.39, 0.29) is 49.9 Å². The van der Waals surface area contributed by atoms with Gasteiger partial charge in [0.1, 0.15) is 29.8 Å². The molecule has 5 aliphatic rings. The van der Waals surface area contributed by atoms with Gasteiger partial charge in [0, 0.05) is 32.1 Å². The topological polar surface area (TPSA) is 227 Å². The summed E-state index contributed by atoms with van der Waals surface area (Å²) in [5.41, 5.74) is 0.343. The average molecular weight is 1060 g/mol. The van der Waals surface area contributed by atoms with Gasteiger partial charge >= 0.3 is 30.0 Å². The van der Waals surface area contributed by atoms with Crippen LogP contribution in [0.2, 0.25) is 0 Å². The zero-order valence-electron chi connectivity index (χ0n) is 45.2. The third-order valence-electron chi connectivity index (χ3n) is 15.8. The molecule has 0 saturated carbocycles. The molecule has 2 aromatic rings. The summed E-state index contributed by atoms with van der Waals surface area (Å²) < 4.78 is 86.9. The van der Waals surface area contributed by atoms with Gasteiger partial charge in [-0.05, 0) is 72.9 Å². The zero-order chi connectivity index (χ0) is 54.3. The number of hydrogen-bond donors (Lipinski definition) is 1. The molecule has 6 unspecified atom stereocenters. The Hall–Kier alpha value is -5.09. The lowest BCUT2D eigenvalue weighted by Crippen LogP contribution is -2.66. The highest BCUT2D eigenvalue weighted by molar-refractivity contribution is 5.89. The van der Waals surface area contributed by atoms with Crippen molar-refractivity contribution in [2.45, 2.75) is 181 Å². The fourth-order valence-corrected chi connectivity index (χ4v) is 10.8. The van der Waals surface area contributed by atoms with Crippen LogP contribution in [0.15, 0.2) is 54.6 Å². The number of ether oxygens (including phenoxy) is 14. The molecule has 20 atom stereocenters. The maximum Gasteiger partial charge on any atom is 0.407 e. The first kappa shape index (κ1) is 57.6. The number of esters is 4. The number of nitrogens with one attached hydrogen (secondary N) is 1. The number of carbonyl (C=O) groups excluding carboxylic acids is 5. The second kappa shape index (κ2) is 25.4. The third-order valence-corrected chi connectivity index (χ3v) is 15.8. The van der Waals surface area contributed by atoms with Crippen molar-refractivity contribution in [2.75, 3.05) is 27.4 Å². The van der Waals surface area contributed by atoms with E-state index in [1.807, 2.05) is 52.0 Å². The van der Waals surface area contributed by atoms with Gasteiger partial charge < -0.3 is 71.6 Å². The Kier molecular flexibility index (Phi) is 19.5. The summed E-state index contributed by atoms with van der Waals surface area (Å²) in [6.45, 7) is 18.3. The Morgan fingerprint density at radius 3 is 2.04 bits per heavy atom. The number of benzene rings is 2. The van der Waals surface area contributed by atoms with Gasteiger partial charge in [-0.25, -0.2) is 14.4 Å². The van der Waals surface area contributed by atoms with Crippen LogP contribution in [0.25, 0.3) is 0 Å². The van der Waals surface area contributed by atoms with Crippen LogP contribution in [0.3, 0.4) is 0 Å². The van der Waals surface area contributed by atoms with Crippen molar-refractivity contribution in [1.82, 2.24) is 5.32 Å². The Morgan fingerprint density at radius 2 is 1.40 bits per heavy atom. The minimum atomic E-state index is -2.26. The van der Waals surface area contributed by atoms with E-state index in [1.165, 1.54) is 13.8 Å². The number of carbonyl (C=O) groups is 5. The second-order valence-corrected chi connectivity index (χ2v) is 20.7. The molecule has 0 spiro atoms. The van der Waals surface area contributed by atoms with Crippen LogP contribution in [0.5, 0.6) is 11.5 Å². The summed E-state index contributed by atoms with van der Waals surface area (Å²) in [5.74, 6) is -4.48. The van der Waals surface area contributed by atoms with Gasteiger partial charge in [-0.2, -0.15) is 0 Å². The van der Waals surface area contributed by atoms with Crippen molar-refractivity contribution in [3.8, 4) is 11.5 Å². The van der Waals surface area contributed by atoms with Crippen molar-refractivity contribution >= 4 is 30.0 Å². The van der Waals surface area contributed by atoms with Crippen LogP contribution in [0.4, 0.5) is 4.79 Å². The number of methoxy groups -OCH3 is 2. The lowest BCUT2D eigenvalue weighted by molar-refractivity contribution is -0.348. The molecule has 5 saturated heterocycles. The molecule has 5 heterocycles. The van der Waals surface area contributed by atoms with E-state index < -0.39 is 121 Å². The molecule has 1 N–H and O–H groups in total. The molecular formula is C55H77NO19.